The molecular formula is C16H18N2OS2. The molecule has 0 saturated carbocycles. The van der Waals surface area contributed by atoms with Gasteiger partial charge in [0.1, 0.15) is 0 Å². The second kappa shape index (κ2) is 6.64. The average molecular weight is 318 g/mol. The van der Waals surface area contributed by atoms with E-state index in [2.05, 4.69) is 5.32 Å². The zero-order valence-corrected chi connectivity index (χ0v) is 13.3. The maximum Gasteiger partial charge on any atom is 0.261 e. The summed E-state index contributed by atoms with van der Waals surface area (Å²) in [6.45, 7) is 0.458. The molecule has 0 radical (unpaired) electrons. The molecule has 110 valence electrons. The second-order valence-corrected chi connectivity index (χ2v) is 7.33. The van der Waals surface area contributed by atoms with Gasteiger partial charge in [-0.1, -0.05) is 30.3 Å². The molecule has 0 bridgehead atoms. The van der Waals surface area contributed by atoms with Crippen molar-refractivity contribution in [1.29, 1.82) is 0 Å². The number of carbonyl (C=O) groups excluding carboxylic acids is 1. The van der Waals surface area contributed by atoms with Crippen molar-refractivity contribution in [2.75, 3.05) is 12.3 Å². The summed E-state index contributed by atoms with van der Waals surface area (Å²) in [5.74, 6) is 2.18. The van der Waals surface area contributed by atoms with Crippen LogP contribution in [0.15, 0.2) is 36.4 Å². The summed E-state index contributed by atoms with van der Waals surface area (Å²) >= 11 is 3.56. The van der Waals surface area contributed by atoms with Crippen molar-refractivity contribution in [3.05, 3.63) is 57.3 Å². The van der Waals surface area contributed by atoms with Crippen LogP contribution in [0.3, 0.4) is 0 Å². The number of hydrogen-bond acceptors (Lipinski definition) is 4. The highest BCUT2D eigenvalue weighted by Gasteiger charge is 2.17. The van der Waals surface area contributed by atoms with Crippen molar-refractivity contribution in [3.63, 3.8) is 0 Å². The highest BCUT2D eigenvalue weighted by Crippen LogP contribution is 2.31. The Hall–Kier alpha value is -1.30. The van der Waals surface area contributed by atoms with Gasteiger partial charge in [-0.3, -0.25) is 4.79 Å². The minimum Gasteiger partial charge on any atom is -0.349 e. The minimum absolute atomic E-state index is 0.00854. The van der Waals surface area contributed by atoms with Gasteiger partial charge in [0.15, 0.2) is 0 Å². The lowest BCUT2D eigenvalue weighted by Gasteiger charge is -2.12. The molecule has 3 nitrogen and oxygen atoms in total. The lowest BCUT2D eigenvalue weighted by Crippen LogP contribution is -2.31. The highest BCUT2D eigenvalue weighted by molar-refractivity contribution is 7.98. The molecule has 1 amide bonds. The van der Waals surface area contributed by atoms with Crippen LogP contribution in [0, 0.1) is 0 Å². The first-order valence-corrected chi connectivity index (χ1v) is 8.99. The molecule has 1 aromatic carbocycles. The maximum absolute atomic E-state index is 12.2. The lowest BCUT2D eigenvalue weighted by atomic mass is 10.1. The Kier molecular flexibility index (Phi) is 4.63. The molecule has 1 aliphatic rings. The summed E-state index contributed by atoms with van der Waals surface area (Å²) in [7, 11) is 0. The van der Waals surface area contributed by atoms with Crippen molar-refractivity contribution in [2.24, 2.45) is 5.73 Å². The van der Waals surface area contributed by atoms with Gasteiger partial charge < -0.3 is 11.1 Å². The summed E-state index contributed by atoms with van der Waals surface area (Å²) in [5, 5.41) is 2.95. The van der Waals surface area contributed by atoms with Gasteiger partial charge in [0.05, 0.1) is 4.88 Å². The fraction of sp³-hybridized carbons (Fsp3) is 0.312. The number of nitrogens with two attached hydrogens (primary N) is 1. The van der Waals surface area contributed by atoms with E-state index in [9.17, 15) is 4.79 Å². The molecule has 0 saturated heterocycles. The number of hydrogen-bond donors (Lipinski definition) is 2. The van der Waals surface area contributed by atoms with Crippen LogP contribution in [-0.2, 0) is 12.2 Å². The van der Waals surface area contributed by atoms with E-state index in [4.69, 9.17) is 5.73 Å². The number of aryl methyl sites for hydroxylation is 1. The predicted octanol–water partition coefficient (Wildman–Crippen LogP) is 2.97. The quantitative estimate of drug-likeness (QED) is 0.911. The summed E-state index contributed by atoms with van der Waals surface area (Å²) < 4.78 is 0. The molecule has 3 rings (SSSR count). The van der Waals surface area contributed by atoms with Crippen LogP contribution in [0.2, 0.25) is 0 Å². The Morgan fingerprint density at radius 1 is 1.33 bits per heavy atom. The second-order valence-electron chi connectivity index (χ2n) is 5.09. The zero-order valence-electron chi connectivity index (χ0n) is 11.7. The van der Waals surface area contributed by atoms with Gasteiger partial charge in [0.2, 0.25) is 0 Å². The maximum atomic E-state index is 12.2. The standard InChI is InChI=1S/C16H18N2OS2/c17-13(11-4-2-1-3-5-11)9-18-16(19)15-8-12-10-20-7-6-14(12)21-15/h1-5,8,13H,6-7,9-10,17H2,(H,18,19). The van der Waals surface area contributed by atoms with Crippen LogP contribution in [0.1, 0.15) is 31.7 Å². The molecule has 0 spiro atoms. The zero-order chi connectivity index (χ0) is 14.7. The van der Waals surface area contributed by atoms with E-state index in [1.165, 1.54) is 10.4 Å². The molecule has 2 heterocycles. The van der Waals surface area contributed by atoms with E-state index in [1.54, 1.807) is 11.3 Å². The number of thioether (sulfide) groups is 1. The molecule has 2 aromatic rings. The molecule has 5 heteroatoms. The smallest absolute Gasteiger partial charge is 0.261 e. The van der Waals surface area contributed by atoms with Gasteiger partial charge in [-0.15, -0.1) is 11.3 Å². The highest BCUT2D eigenvalue weighted by atomic mass is 32.2. The van der Waals surface area contributed by atoms with E-state index >= 15 is 0 Å². The Balaban J connectivity index is 1.60. The monoisotopic (exact) mass is 318 g/mol. The molecule has 3 N–H and O–H groups in total. The van der Waals surface area contributed by atoms with Gasteiger partial charge in [0, 0.05) is 23.2 Å². The van der Waals surface area contributed by atoms with Gasteiger partial charge in [-0.25, -0.2) is 0 Å². The van der Waals surface area contributed by atoms with Crippen molar-refractivity contribution < 1.29 is 4.79 Å². The summed E-state index contributed by atoms with van der Waals surface area (Å²) in [6.07, 6.45) is 1.08. The lowest BCUT2D eigenvalue weighted by molar-refractivity contribution is 0.0955. The topological polar surface area (TPSA) is 55.1 Å². The molecule has 21 heavy (non-hydrogen) atoms. The molecule has 0 aliphatic carbocycles. The number of benzene rings is 1. The Morgan fingerprint density at radius 3 is 2.90 bits per heavy atom. The number of fused-ring (bicyclic) bond motifs is 1. The van der Waals surface area contributed by atoms with Crippen molar-refractivity contribution >= 4 is 29.0 Å². The van der Waals surface area contributed by atoms with Crippen molar-refractivity contribution in [3.8, 4) is 0 Å². The fourth-order valence-electron chi connectivity index (χ4n) is 2.37. The third kappa shape index (κ3) is 3.48. The Labute approximate surface area is 132 Å². The molecular weight excluding hydrogens is 300 g/mol. The minimum atomic E-state index is -0.166. The van der Waals surface area contributed by atoms with Crippen LogP contribution in [0.5, 0.6) is 0 Å². The summed E-state index contributed by atoms with van der Waals surface area (Å²) in [5.41, 5.74) is 8.47. The summed E-state index contributed by atoms with van der Waals surface area (Å²) in [4.78, 5) is 14.4. The van der Waals surface area contributed by atoms with Crippen LogP contribution >= 0.6 is 23.1 Å². The Morgan fingerprint density at radius 2 is 2.14 bits per heavy atom. The van der Waals surface area contributed by atoms with Gasteiger partial charge in [-0.2, -0.15) is 11.8 Å². The van der Waals surface area contributed by atoms with Gasteiger partial charge in [0.25, 0.3) is 5.91 Å². The molecule has 1 aliphatic heterocycles. The van der Waals surface area contributed by atoms with E-state index in [1.807, 2.05) is 48.2 Å². The van der Waals surface area contributed by atoms with Crippen LogP contribution in [-0.4, -0.2) is 18.2 Å². The number of carbonyl (C=O) groups is 1. The Bertz CT molecular complexity index is 601. The molecule has 1 aromatic heterocycles. The van der Waals surface area contributed by atoms with Gasteiger partial charge >= 0.3 is 0 Å². The van der Waals surface area contributed by atoms with E-state index < -0.39 is 0 Å². The fourth-order valence-corrected chi connectivity index (χ4v) is 4.66. The molecule has 0 fully saturated rings. The summed E-state index contributed by atoms with van der Waals surface area (Å²) in [6, 6.07) is 11.7. The third-order valence-electron chi connectivity index (χ3n) is 3.56. The SMILES string of the molecule is NC(CNC(=O)c1cc2c(s1)CCSC2)c1ccccc1. The predicted molar refractivity (Wildman–Crippen MR) is 89.9 cm³/mol. The van der Waals surface area contributed by atoms with E-state index in [-0.39, 0.29) is 11.9 Å². The van der Waals surface area contributed by atoms with Crippen LogP contribution in [0.4, 0.5) is 0 Å². The van der Waals surface area contributed by atoms with Crippen molar-refractivity contribution in [1.82, 2.24) is 5.32 Å². The molecule has 1 atom stereocenters. The molecule has 1 unspecified atom stereocenters. The first-order valence-electron chi connectivity index (χ1n) is 7.02. The largest absolute Gasteiger partial charge is 0.349 e. The van der Waals surface area contributed by atoms with Crippen LogP contribution < -0.4 is 11.1 Å². The number of thiophene rings is 1. The third-order valence-corrected chi connectivity index (χ3v) is 5.81. The van der Waals surface area contributed by atoms with E-state index in [0.29, 0.717) is 6.54 Å². The van der Waals surface area contributed by atoms with Gasteiger partial charge in [-0.05, 0) is 29.4 Å². The number of nitrogens with one attached hydrogen (secondary N) is 1. The first kappa shape index (κ1) is 14.6. The number of rotatable bonds is 4. The van der Waals surface area contributed by atoms with Crippen LogP contribution in [0.25, 0.3) is 0 Å². The van der Waals surface area contributed by atoms with E-state index in [0.717, 1.165) is 28.4 Å². The van der Waals surface area contributed by atoms with Crippen molar-refractivity contribution in [2.45, 2.75) is 18.2 Å². The normalized spacial score (nSPS) is 15.3. The first-order chi connectivity index (χ1) is 10.2. The average Bonchev–Trinajstić information content (AvgIpc) is 2.97. The number of amides is 1.